The molecule has 6 nitrogen and oxygen atoms in total. The molecule has 18 heavy (non-hydrogen) atoms. The monoisotopic (exact) mass is 251 g/mol. The zero-order chi connectivity index (χ0) is 13.1. The van der Waals surface area contributed by atoms with Gasteiger partial charge in [-0.3, -0.25) is 0 Å². The summed E-state index contributed by atoms with van der Waals surface area (Å²) in [5, 5.41) is 27.1. The second kappa shape index (κ2) is 5.34. The summed E-state index contributed by atoms with van der Waals surface area (Å²) in [5.41, 5.74) is 6.80. The molecule has 0 fully saturated rings. The van der Waals surface area contributed by atoms with Crippen LogP contribution in [-0.2, 0) is 0 Å². The third kappa shape index (κ3) is 2.45. The van der Waals surface area contributed by atoms with Gasteiger partial charge in [0.25, 0.3) is 0 Å². The van der Waals surface area contributed by atoms with Crippen molar-refractivity contribution in [1.29, 1.82) is 0 Å². The van der Waals surface area contributed by atoms with Crippen molar-refractivity contribution in [3.63, 3.8) is 0 Å². The maximum absolute atomic E-state index is 10.0. The number of nitrogens with two attached hydrogens (primary N) is 1. The summed E-state index contributed by atoms with van der Waals surface area (Å²) in [6.07, 6.45) is -1.30. The Labute approximate surface area is 104 Å². The molecule has 2 unspecified atom stereocenters. The summed E-state index contributed by atoms with van der Waals surface area (Å²) in [6.45, 7) is 0.635. The highest BCUT2D eigenvalue weighted by Crippen LogP contribution is 2.26. The number of nitrogen functional groups attached to an aromatic ring is 1. The Hall–Kier alpha value is -1.63. The van der Waals surface area contributed by atoms with Gasteiger partial charge in [-0.1, -0.05) is 11.2 Å². The Balaban J connectivity index is 2.21. The molecule has 5 N–H and O–H groups in total. The Morgan fingerprint density at radius 3 is 2.94 bits per heavy atom. The molecule has 98 valence electrons. The van der Waals surface area contributed by atoms with Crippen LogP contribution < -0.4 is 11.1 Å². The van der Waals surface area contributed by atoms with Crippen LogP contribution in [0, 0.1) is 0 Å². The Morgan fingerprint density at radius 2 is 2.22 bits per heavy atom. The highest BCUT2D eigenvalue weighted by atomic mass is 16.5. The summed E-state index contributed by atoms with van der Waals surface area (Å²) in [5.74, 6) is 0.281. The molecule has 0 aliphatic rings. The van der Waals surface area contributed by atoms with E-state index in [9.17, 15) is 10.2 Å². The largest absolute Gasteiger partial charge is 0.390 e. The molecule has 0 aliphatic carbocycles. The van der Waals surface area contributed by atoms with E-state index < -0.39 is 12.2 Å². The predicted octanol–water partition coefficient (Wildman–Crippen LogP) is 0.414. The van der Waals surface area contributed by atoms with Crippen LogP contribution in [0.15, 0.2) is 22.7 Å². The van der Waals surface area contributed by atoms with E-state index in [0.717, 1.165) is 0 Å². The number of nitrogens with zero attached hydrogens (tertiary/aromatic N) is 1. The van der Waals surface area contributed by atoms with Crippen molar-refractivity contribution in [2.75, 3.05) is 19.3 Å². The van der Waals surface area contributed by atoms with E-state index in [0.29, 0.717) is 29.5 Å². The molecule has 0 amide bonds. The molecule has 2 rings (SSSR count). The number of aliphatic hydroxyl groups excluding tert-OH is 2. The van der Waals surface area contributed by atoms with Gasteiger partial charge in [-0.25, -0.2) is 0 Å². The van der Waals surface area contributed by atoms with Gasteiger partial charge < -0.3 is 25.8 Å². The summed E-state index contributed by atoms with van der Waals surface area (Å²) in [4.78, 5) is 0. The van der Waals surface area contributed by atoms with Crippen LogP contribution >= 0.6 is 0 Å². The molecule has 1 aromatic carbocycles. The predicted molar refractivity (Wildman–Crippen MR) is 67.9 cm³/mol. The molecule has 1 aromatic heterocycles. The van der Waals surface area contributed by atoms with E-state index in [1.807, 2.05) is 0 Å². The van der Waals surface area contributed by atoms with Gasteiger partial charge in [-0.15, -0.1) is 0 Å². The van der Waals surface area contributed by atoms with Gasteiger partial charge in [-0.05, 0) is 37.7 Å². The first-order chi connectivity index (χ1) is 8.63. The van der Waals surface area contributed by atoms with Crippen LogP contribution in [0.1, 0.15) is 18.1 Å². The summed E-state index contributed by atoms with van der Waals surface area (Å²) in [7, 11) is 1.79. The molecule has 0 radical (unpaired) electrons. The minimum Gasteiger partial charge on any atom is -0.390 e. The van der Waals surface area contributed by atoms with Crippen molar-refractivity contribution in [3.05, 3.63) is 23.8 Å². The van der Waals surface area contributed by atoms with E-state index in [2.05, 4.69) is 10.5 Å². The van der Waals surface area contributed by atoms with Crippen LogP contribution in [-0.4, -0.2) is 35.1 Å². The van der Waals surface area contributed by atoms with Crippen molar-refractivity contribution < 1.29 is 14.7 Å². The van der Waals surface area contributed by atoms with E-state index in [1.165, 1.54) is 0 Å². The minimum absolute atomic E-state index is 0.281. The number of benzene rings is 1. The molecule has 1 heterocycles. The Kier molecular flexibility index (Phi) is 3.81. The van der Waals surface area contributed by atoms with E-state index in [1.54, 1.807) is 25.2 Å². The quantitative estimate of drug-likeness (QED) is 0.613. The average molecular weight is 251 g/mol. The van der Waals surface area contributed by atoms with Gasteiger partial charge in [0.1, 0.15) is 6.10 Å². The highest BCUT2D eigenvalue weighted by Gasteiger charge is 2.19. The van der Waals surface area contributed by atoms with Crippen molar-refractivity contribution in [2.45, 2.75) is 18.6 Å². The topological polar surface area (TPSA) is 105 Å². The Bertz CT molecular complexity index is 526. The fourth-order valence-corrected chi connectivity index (χ4v) is 1.83. The summed E-state index contributed by atoms with van der Waals surface area (Å²) >= 11 is 0. The second-order valence-electron chi connectivity index (χ2n) is 4.23. The SMILES string of the molecule is CNCCC(O)C(O)c1ccc2onc(N)c2c1. The number of aromatic nitrogens is 1. The van der Waals surface area contributed by atoms with Crippen molar-refractivity contribution >= 4 is 16.8 Å². The molecular formula is C12H17N3O3. The molecule has 2 atom stereocenters. The number of hydrogen-bond donors (Lipinski definition) is 4. The number of fused-ring (bicyclic) bond motifs is 1. The van der Waals surface area contributed by atoms with E-state index in [4.69, 9.17) is 10.3 Å². The summed E-state index contributed by atoms with van der Waals surface area (Å²) < 4.78 is 4.98. The lowest BCUT2D eigenvalue weighted by molar-refractivity contribution is 0.0141. The lowest BCUT2D eigenvalue weighted by Crippen LogP contribution is -2.23. The van der Waals surface area contributed by atoms with Crippen molar-refractivity contribution in [2.24, 2.45) is 0 Å². The number of anilines is 1. The fraction of sp³-hybridized carbons (Fsp3) is 0.417. The first kappa shape index (κ1) is 12.8. The third-order valence-electron chi connectivity index (χ3n) is 2.92. The van der Waals surface area contributed by atoms with Crippen LogP contribution in [0.3, 0.4) is 0 Å². The normalized spacial score (nSPS) is 14.8. The third-order valence-corrected chi connectivity index (χ3v) is 2.92. The summed E-state index contributed by atoms with van der Waals surface area (Å²) in [6, 6.07) is 5.07. The van der Waals surface area contributed by atoms with Crippen LogP contribution in [0.5, 0.6) is 0 Å². The lowest BCUT2D eigenvalue weighted by atomic mass is 10.0. The average Bonchev–Trinajstić information content (AvgIpc) is 2.76. The highest BCUT2D eigenvalue weighted by molar-refractivity contribution is 5.87. The number of aliphatic hydroxyl groups is 2. The fourth-order valence-electron chi connectivity index (χ4n) is 1.83. The smallest absolute Gasteiger partial charge is 0.174 e. The maximum atomic E-state index is 10.0. The zero-order valence-corrected chi connectivity index (χ0v) is 10.1. The van der Waals surface area contributed by atoms with Gasteiger partial charge in [0.15, 0.2) is 11.4 Å². The molecule has 0 saturated carbocycles. The lowest BCUT2D eigenvalue weighted by Gasteiger charge is -2.17. The molecule has 0 saturated heterocycles. The van der Waals surface area contributed by atoms with E-state index in [-0.39, 0.29) is 5.82 Å². The van der Waals surface area contributed by atoms with Gasteiger partial charge >= 0.3 is 0 Å². The first-order valence-corrected chi connectivity index (χ1v) is 5.79. The molecule has 2 aromatic rings. The molecule has 0 aliphatic heterocycles. The second-order valence-corrected chi connectivity index (χ2v) is 4.23. The number of hydrogen-bond acceptors (Lipinski definition) is 6. The minimum atomic E-state index is -0.947. The standard InChI is InChI=1S/C12H17N3O3/c1-14-5-4-9(16)11(17)7-2-3-10-8(6-7)12(13)15-18-10/h2-3,6,9,11,14,16-17H,4-5H2,1H3,(H2,13,15). The van der Waals surface area contributed by atoms with Gasteiger partial charge in [-0.2, -0.15) is 0 Å². The van der Waals surface area contributed by atoms with Crippen LogP contribution in [0.2, 0.25) is 0 Å². The van der Waals surface area contributed by atoms with Crippen LogP contribution in [0.4, 0.5) is 5.82 Å². The zero-order valence-electron chi connectivity index (χ0n) is 10.1. The van der Waals surface area contributed by atoms with E-state index >= 15 is 0 Å². The molecular weight excluding hydrogens is 234 g/mol. The molecule has 0 spiro atoms. The van der Waals surface area contributed by atoms with Crippen molar-refractivity contribution in [1.82, 2.24) is 10.5 Å². The van der Waals surface area contributed by atoms with Gasteiger partial charge in [0.2, 0.25) is 0 Å². The van der Waals surface area contributed by atoms with Crippen LogP contribution in [0.25, 0.3) is 11.0 Å². The first-order valence-electron chi connectivity index (χ1n) is 5.79. The number of rotatable bonds is 5. The van der Waals surface area contributed by atoms with Gasteiger partial charge in [0.05, 0.1) is 11.5 Å². The molecule has 0 bridgehead atoms. The Morgan fingerprint density at radius 1 is 1.44 bits per heavy atom. The number of nitrogens with one attached hydrogen (secondary N) is 1. The van der Waals surface area contributed by atoms with Crippen molar-refractivity contribution in [3.8, 4) is 0 Å². The van der Waals surface area contributed by atoms with Gasteiger partial charge in [0, 0.05) is 0 Å². The molecule has 6 heteroatoms. The maximum Gasteiger partial charge on any atom is 0.174 e.